The summed E-state index contributed by atoms with van der Waals surface area (Å²) >= 11 is 0. The summed E-state index contributed by atoms with van der Waals surface area (Å²) in [6.07, 6.45) is -4.79. The molecule has 2 heterocycles. The highest BCUT2D eigenvalue weighted by Crippen LogP contribution is 2.44. The van der Waals surface area contributed by atoms with Gasteiger partial charge in [0.2, 0.25) is 0 Å². The van der Waals surface area contributed by atoms with Crippen LogP contribution in [0.15, 0.2) is 21.9 Å². The Balaban J connectivity index is 2.41. The Labute approximate surface area is 116 Å². The third kappa shape index (κ3) is 3.47. The van der Waals surface area contributed by atoms with Crippen molar-refractivity contribution >= 4 is 7.82 Å². The first-order valence-corrected chi connectivity index (χ1v) is 7.26. The molecule has 1 aliphatic heterocycles. The van der Waals surface area contributed by atoms with E-state index in [9.17, 15) is 19.3 Å². The highest BCUT2D eigenvalue weighted by molar-refractivity contribution is 7.46. The fourth-order valence-corrected chi connectivity index (χ4v) is 2.54. The summed E-state index contributed by atoms with van der Waals surface area (Å²) in [5.74, 6) is 0. The van der Waals surface area contributed by atoms with Crippen LogP contribution in [0.2, 0.25) is 0 Å². The van der Waals surface area contributed by atoms with Crippen molar-refractivity contribution < 1.29 is 33.8 Å². The van der Waals surface area contributed by atoms with Crippen molar-refractivity contribution in [3.05, 3.63) is 33.1 Å². The highest BCUT2D eigenvalue weighted by atomic mass is 31.2. The molecule has 1 aromatic heterocycles. The second-order valence-electron chi connectivity index (χ2n) is 4.32. The van der Waals surface area contributed by atoms with Crippen molar-refractivity contribution in [2.75, 3.05) is 6.61 Å². The Kier molecular flexibility index (Phi) is 4.44. The number of aromatic nitrogens is 2. The van der Waals surface area contributed by atoms with Gasteiger partial charge in [0.25, 0.3) is 5.56 Å². The molecule has 2 rings (SSSR count). The number of aliphatic hydroxyl groups excluding tert-OH is 2. The molecule has 4 atom stereocenters. The normalized spacial score (nSPS) is 29.7. The van der Waals surface area contributed by atoms with Gasteiger partial charge in [0.1, 0.15) is 18.3 Å². The van der Waals surface area contributed by atoms with E-state index in [1.807, 2.05) is 4.98 Å². The molecule has 118 valence electrons. The molecule has 0 spiro atoms. The second-order valence-corrected chi connectivity index (χ2v) is 5.51. The first kappa shape index (κ1) is 16.0. The molecule has 0 unspecified atom stereocenters. The number of nitrogens with one attached hydrogen (secondary N) is 1. The number of phosphoric acid groups is 1. The van der Waals surface area contributed by atoms with Crippen molar-refractivity contribution in [1.82, 2.24) is 9.55 Å². The monoisotopic (exact) mass is 325 g/mol. The topological polar surface area (TPSA) is 171 Å². The highest BCUT2D eigenvalue weighted by Gasteiger charge is 2.48. The molecule has 1 aliphatic rings. The molecule has 0 aromatic carbocycles. The lowest BCUT2D eigenvalue weighted by molar-refractivity contribution is -0.0544. The van der Waals surface area contributed by atoms with Gasteiger partial charge in [-0.3, -0.25) is 18.9 Å². The van der Waals surface area contributed by atoms with Gasteiger partial charge in [-0.15, -0.1) is 0 Å². The maximum atomic E-state index is 11.7. The molecular formula is C9H13N2O9P. The van der Waals surface area contributed by atoms with Gasteiger partial charge < -0.3 is 24.7 Å². The maximum absolute atomic E-state index is 11.7. The van der Waals surface area contributed by atoms with Crippen LogP contribution in [0.3, 0.4) is 0 Å². The molecule has 0 amide bonds. The molecule has 21 heavy (non-hydrogen) atoms. The lowest BCUT2D eigenvalue weighted by Crippen LogP contribution is -2.38. The van der Waals surface area contributed by atoms with Crippen LogP contribution in [-0.2, 0) is 13.8 Å². The summed E-state index contributed by atoms with van der Waals surface area (Å²) in [4.78, 5) is 42.3. The maximum Gasteiger partial charge on any atom is 0.470 e. The number of nitrogens with zero attached hydrogens (tertiary/aromatic N) is 1. The van der Waals surface area contributed by atoms with Gasteiger partial charge in [0.05, 0.1) is 6.61 Å². The number of rotatable bonds is 4. The minimum Gasteiger partial charge on any atom is -0.394 e. The van der Waals surface area contributed by atoms with Crippen LogP contribution in [0.1, 0.15) is 6.23 Å². The minimum atomic E-state index is -4.98. The van der Waals surface area contributed by atoms with E-state index in [0.717, 1.165) is 16.8 Å². The molecule has 0 saturated carbocycles. The number of aliphatic hydroxyl groups is 2. The first-order chi connectivity index (χ1) is 9.73. The predicted molar refractivity (Wildman–Crippen MR) is 65.2 cm³/mol. The molecule has 0 radical (unpaired) electrons. The summed E-state index contributed by atoms with van der Waals surface area (Å²) < 4.78 is 21.3. The van der Waals surface area contributed by atoms with E-state index in [0.29, 0.717) is 0 Å². The smallest absolute Gasteiger partial charge is 0.394 e. The van der Waals surface area contributed by atoms with Gasteiger partial charge in [-0.05, 0) is 0 Å². The van der Waals surface area contributed by atoms with Crippen molar-refractivity contribution in [2.24, 2.45) is 0 Å². The van der Waals surface area contributed by atoms with Crippen LogP contribution in [0.4, 0.5) is 0 Å². The zero-order valence-corrected chi connectivity index (χ0v) is 11.3. The first-order valence-electron chi connectivity index (χ1n) is 5.73. The van der Waals surface area contributed by atoms with Crippen molar-refractivity contribution in [2.45, 2.75) is 24.5 Å². The number of H-pyrrole nitrogens is 1. The summed E-state index contributed by atoms with van der Waals surface area (Å²) in [6, 6.07) is 0.984. The molecule has 1 fully saturated rings. The van der Waals surface area contributed by atoms with Crippen LogP contribution in [0, 0.1) is 0 Å². The van der Waals surface area contributed by atoms with E-state index in [1.165, 1.54) is 0 Å². The van der Waals surface area contributed by atoms with Crippen LogP contribution >= 0.6 is 7.82 Å². The Morgan fingerprint density at radius 3 is 2.62 bits per heavy atom. The Morgan fingerprint density at radius 2 is 2.10 bits per heavy atom. The third-order valence-electron chi connectivity index (χ3n) is 2.88. The van der Waals surface area contributed by atoms with Crippen LogP contribution in [-0.4, -0.2) is 54.5 Å². The SMILES string of the molecule is O=c1cc[15n]([C@@H]2O[C@H](CO)[C@@H](O)[C@H]2OP(=O)(O)O)c(=O)[nH]1. The largest absolute Gasteiger partial charge is 0.470 e. The molecule has 1 aromatic rings. The Hall–Kier alpha value is -1.33. The van der Waals surface area contributed by atoms with E-state index in [4.69, 9.17) is 19.6 Å². The summed E-state index contributed by atoms with van der Waals surface area (Å²) in [6.45, 7) is -0.656. The average Bonchev–Trinajstić information content (AvgIpc) is 2.65. The van der Waals surface area contributed by atoms with E-state index in [1.54, 1.807) is 0 Å². The summed E-state index contributed by atoms with van der Waals surface area (Å²) in [7, 11) is -4.98. The molecule has 11 nitrogen and oxygen atoms in total. The van der Waals surface area contributed by atoms with Crippen LogP contribution in [0.5, 0.6) is 0 Å². The van der Waals surface area contributed by atoms with E-state index >= 15 is 0 Å². The predicted octanol–water partition coefficient (Wildman–Crippen LogP) is -2.73. The quantitative estimate of drug-likeness (QED) is 0.368. The summed E-state index contributed by atoms with van der Waals surface area (Å²) in [5.41, 5.74) is -1.60. The Morgan fingerprint density at radius 1 is 1.43 bits per heavy atom. The fourth-order valence-electron chi connectivity index (χ4n) is 1.99. The standard InChI is InChI=1S/C9H13N2O9P/c12-3-4-6(14)7(20-21(16,17)18)8(19-4)11-2-1-5(13)10-9(11)15/h1-2,4,6-8,12,14H,3H2,(H,10,13,15)(H2,16,17,18)/t4-,6-,7-,8-/m1/s1/i11+1. The van der Waals surface area contributed by atoms with E-state index < -0.39 is 50.2 Å². The average molecular weight is 325 g/mol. The lowest BCUT2D eigenvalue weighted by Gasteiger charge is -2.22. The molecular weight excluding hydrogens is 312 g/mol. The molecule has 12 heteroatoms. The molecule has 5 N–H and O–H groups in total. The van der Waals surface area contributed by atoms with Crippen molar-refractivity contribution in [3.8, 4) is 0 Å². The number of ether oxygens (including phenoxy) is 1. The van der Waals surface area contributed by atoms with Gasteiger partial charge >= 0.3 is 13.5 Å². The van der Waals surface area contributed by atoms with Crippen LogP contribution in [0.25, 0.3) is 0 Å². The third-order valence-corrected chi connectivity index (χ3v) is 3.40. The zero-order valence-electron chi connectivity index (χ0n) is 10.4. The van der Waals surface area contributed by atoms with Crippen LogP contribution < -0.4 is 11.2 Å². The van der Waals surface area contributed by atoms with Gasteiger partial charge in [-0.2, -0.15) is 0 Å². The van der Waals surface area contributed by atoms with E-state index in [2.05, 4.69) is 4.52 Å². The Bertz CT molecular complexity index is 664. The van der Waals surface area contributed by atoms with Gasteiger partial charge in [0, 0.05) is 12.3 Å². The van der Waals surface area contributed by atoms with Gasteiger partial charge in [-0.1, -0.05) is 0 Å². The zero-order chi connectivity index (χ0) is 15.8. The number of hydrogen-bond donors (Lipinski definition) is 5. The fraction of sp³-hybridized carbons (Fsp3) is 0.556. The molecule has 1 saturated heterocycles. The molecule has 0 aliphatic carbocycles. The number of phosphoric ester groups is 1. The van der Waals surface area contributed by atoms with E-state index in [-0.39, 0.29) is 0 Å². The minimum absolute atomic E-state index is 0.656. The second kappa shape index (κ2) is 5.81. The number of hydrogen-bond acceptors (Lipinski definition) is 7. The lowest BCUT2D eigenvalue weighted by atomic mass is 10.1. The van der Waals surface area contributed by atoms with Gasteiger partial charge in [-0.25, -0.2) is 9.36 Å². The summed E-state index contributed by atoms with van der Waals surface area (Å²) in [5, 5.41) is 18.9. The number of aromatic amines is 1. The van der Waals surface area contributed by atoms with Gasteiger partial charge in [0.15, 0.2) is 6.23 Å². The molecule has 0 bridgehead atoms. The van der Waals surface area contributed by atoms with Crippen molar-refractivity contribution in [1.29, 1.82) is 0 Å². The van der Waals surface area contributed by atoms with Crippen molar-refractivity contribution in [3.63, 3.8) is 0 Å².